The third kappa shape index (κ3) is 6.27. The molecule has 0 bridgehead atoms. The fourth-order valence-electron chi connectivity index (χ4n) is 13.8. The number of ether oxygens (including phenoxy) is 4. The van der Waals surface area contributed by atoms with Crippen LogP contribution in [0.5, 0.6) is 0 Å². The minimum atomic E-state index is -1.54. The van der Waals surface area contributed by atoms with E-state index in [9.17, 15) is 46.0 Å². The minimum Gasteiger partial charge on any atom is -0.394 e. The Morgan fingerprint density at radius 3 is 1.73 bits per heavy atom. The van der Waals surface area contributed by atoms with E-state index in [1.54, 1.807) is 0 Å². The van der Waals surface area contributed by atoms with Crippen molar-refractivity contribution >= 4 is 0 Å². The van der Waals surface area contributed by atoms with Gasteiger partial charge in [-0.3, -0.25) is 0 Å². The summed E-state index contributed by atoms with van der Waals surface area (Å²) in [5.74, 6) is 0.136. The lowest BCUT2D eigenvalue weighted by molar-refractivity contribution is -0.338. The van der Waals surface area contributed by atoms with E-state index in [0.717, 1.165) is 32.1 Å². The summed E-state index contributed by atoms with van der Waals surface area (Å²) in [6.45, 7) is 17.0. The molecule has 6 fully saturated rings. The Morgan fingerprint density at radius 1 is 0.636 bits per heavy atom. The molecule has 0 unspecified atom stereocenters. The molecule has 2 aliphatic heterocycles. The van der Waals surface area contributed by atoms with Crippen LogP contribution in [0, 0.1) is 50.2 Å². The Balaban J connectivity index is 1.22. The van der Waals surface area contributed by atoms with Crippen molar-refractivity contribution in [3.63, 3.8) is 0 Å². The van der Waals surface area contributed by atoms with Crippen molar-refractivity contribution < 1.29 is 64.9 Å². The number of hydrogen-bond acceptors (Lipinski definition) is 13. The smallest absolute Gasteiger partial charge is 0.186 e. The summed E-state index contributed by atoms with van der Waals surface area (Å²) in [4.78, 5) is 0. The van der Waals surface area contributed by atoms with Crippen molar-refractivity contribution in [2.75, 3.05) is 13.2 Å². The molecule has 0 aromatic carbocycles. The molecule has 0 spiro atoms. The molecule has 9 N–H and O–H groups in total. The molecule has 2 saturated heterocycles. The maximum Gasteiger partial charge on any atom is 0.186 e. The van der Waals surface area contributed by atoms with Gasteiger partial charge >= 0.3 is 0 Å². The SMILES string of the molecule is CC1(C)CC[C@]2(C)[C@@H](O[C@@H]3O[C@H](CO)[C@@H](O)[C@H](O)[C@H]3O)C[C@]3(C)C(=CC[C@H]4[C@@]5(C)CC[C@H](O[C@@H]6O[C@H](CO)[C@@H](O)[C@H](O)[C@H]6O)C(C)(C)[C@H]5[C@H](O)C[C@]43C)[C@H]2C1. The average molecular weight is 783 g/mol. The average Bonchev–Trinajstić information content (AvgIpc) is 3.10. The number of aliphatic hydroxyl groups is 9. The number of hydrogen-bond donors (Lipinski definition) is 9. The molecule has 0 amide bonds. The maximum atomic E-state index is 12.6. The summed E-state index contributed by atoms with van der Waals surface area (Å²) >= 11 is 0. The summed E-state index contributed by atoms with van der Waals surface area (Å²) in [6.07, 6.45) is -6.57. The van der Waals surface area contributed by atoms with Crippen LogP contribution in [-0.2, 0) is 18.9 Å². The number of rotatable bonds is 6. The maximum absolute atomic E-state index is 12.6. The molecule has 316 valence electrons. The summed E-state index contributed by atoms with van der Waals surface area (Å²) in [7, 11) is 0. The lowest BCUT2D eigenvalue weighted by Crippen LogP contribution is -2.70. The van der Waals surface area contributed by atoms with Gasteiger partial charge in [-0.2, -0.15) is 0 Å². The second-order valence-electron chi connectivity index (χ2n) is 21.1. The Hall–Kier alpha value is -0.780. The van der Waals surface area contributed by atoms with E-state index in [4.69, 9.17) is 18.9 Å². The first-order valence-corrected chi connectivity index (χ1v) is 20.8. The molecule has 0 aromatic heterocycles. The second-order valence-corrected chi connectivity index (χ2v) is 21.1. The molecular formula is C42H70O13. The molecule has 13 heteroatoms. The topological polar surface area (TPSA) is 219 Å². The van der Waals surface area contributed by atoms with Crippen molar-refractivity contribution in [3.8, 4) is 0 Å². The Kier molecular flexibility index (Phi) is 10.9. The van der Waals surface area contributed by atoms with Gasteiger partial charge in [-0.15, -0.1) is 0 Å². The van der Waals surface area contributed by atoms with Crippen LogP contribution in [0.15, 0.2) is 11.6 Å². The molecule has 7 aliphatic rings. The van der Waals surface area contributed by atoms with Gasteiger partial charge in [-0.1, -0.05) is 67.0 Å². The zero-order valence-electron chi connectivity index (χ0n) is 34.0. The van der Waals surface area contributed by atoms with Crippen molar-refractivity contribution in [1.29, 1.82) is 0 Å². The zero-order chi connectivity index (χ0) is 40.4. The van der Waals surface area contributed by atoms with Crippen molar-refractivity contribution in [2.45, 2.75) is 186 Å². The van der Waals surface area contributed by atoms with Gasteiger partial charge in [0.2, 0.25) is 0 Å². The van der Waals surface area contributed by atoms with E-state index >= 15 is 0 Å². The zero-order valence-corrected chi connectivity index (χ0v) is 34.0. The highest BCUT2D eigenvalue weighted by Gasteiger charge is 2.72. The largest absolute Gasteiger partial charge is 0.394 e. The predicted octanol–water partition coefficient (Wildman–Crippen LogP) is 1.76. The highest BCUT2D eigenvalue weighted by atomic mass is 16.7. The molecule has 5 aliphatic carbocycles. The van der Waals surface area contributed by atoms with Gasteiger partial charge in [0.25, 0.3) is 0 Å². The van der Waals surface area contributed by atoms with Crippen molar-refractivity contribution in [2.24, 2.45) is 50.2 Å². The first kappa shape index (κ1) is 42.3. The van der Waals surface area contributed by atoms with Crippen LogP contribution in [0.2, 0.25) is 0 Å². The van der Waals surface area contributed by atoms with E-state index in [-0.39, 0.29) is 39.4 Å². The molecule has 55 heavy (non-hydrogen) atoms. The molecule has 20 atom stereocenters. The Bertz CT molecular complexity index is 1450. The molecule has 4 saturated carbocycles. The van der Waals surface area contributed by atoms with E-state index in [1.807, 2.05) is 0 Å². The van der Waals surface area contributed by atoms with Crippen LogP contribution in [0.4, 0.5) is 0 Å². The van der Waals surface area contributed by atoms with Crippen LogP contribution in [0.25, 0.3) is 0 Å². The molecular weight excluding hydrogens is 712 g/mol. The third-order valence-corrected chi connectivity index (χ3v) is 17.2. The highest BCUT2D eigenvalue weighted by molar-refractivity contribution is 5.35. The van der Waals surface area contributed by atoms with E-state index in [1.165, 1.54) is 5.57 Å². The van der Waals surface area contributed by atoms with E-state index in [0.29, 0.717) is 19.3 Å². The molecule has 0 radical (unpaired) electrons. The van der Waals surface area contributed by atoms with E-state index in [2.05, 4.69) is 61.5 Å². The first-order chi connectivity index (χ1) is 25.5. The summed E-state index contributed by atoms with van der Waals surface area (Å²) in [6, 6.07) is 0. The summed E-state index contributed by atoms with van der Waals surface area (Å²) < 4.78 is 25.0. The standard InChI is InChI=1S/C42H70O13/c1-37(2)13-14-39(5)21(15-37)20-9-10-25-40(6)12-11-26(54-35-32(50)30(48)28(46)23(18-43)52-35)38(3,4)34(40)22(45)16-42(25,8)41(20,7)17-27(39)55-36-33(51)31(49)29(47)24(19-44)53-36/h9,21-36,43-51H,10-19H2,1-8H3/t21-,22-,23-,24-,25+,26+,27+,28-,29-,30+,31+,32-,33-,34-,35+,36+,39+,40-,41-,42-/m1/s1. The van der Waals surface area contributed by atoms with Gasteiger partial charge in [0.1, 0.15) is 48.8 Å². The normalized spacial score (nSPS) is 56.0. The summed E-state index contributed by atoms with van der Waals surface area (Å²) in [5.41, 5.74) is -0.520. The third-order valence-electron chi connectivity index (χ3n) is 17.2. The monoisotopic (exact) mass is 782 g/mol. The highest BCUT2D eigenvalue weighted by Crippen LogP contribution is 2.76. The molecule has 2 heterocycles. The van der Waals surface area contributed by atoms with Gasteiger partial charge in [-0.25, -0.2) is 0 Å². The number of fused-ring (bicyclic) bond motifs is 7. The van der Waals surface area contributed by atoms with Gasteiger partial charge in [0.05, 0.1) is 31.5 Å². The van der Waals surface area contributed by atoms with Crippen LogP contribution in [-0.4, -0.2) is 139 Å². The molecule has 7 rings (SSSR count). The van der Waals surface area contributed by atoms with Gasteiger partial charge in [0.15, 0.2) is 12.6 Å². The predicted molar refractivity (Wildman–Crippen MR) is 199 cm³/mol. The second kappa shape index (κ2) is 14.2. The van der Waals surface area contributed by atoms with Gasteiger partial charge < -0.3 is 64.9 Å². The molecule has 0 aromatic rings. The fourth-order valence-corrected chi connectivity index (χ4v) is 13.8. The lowest BCUT2D eigenvalue weighted by atomic mass is 9.33. The minimum absolute atomic E-state index is 0.0845. The van der Waals surface area contributed by atoms with Crippen LogP contribution in [0.1, 0.15) is 107 Å². The Labute approximate surface area is 326 Å². The van der Waals surface area contributed by atoms with Gasteiger partial charge in [-0.05, 0) is 96.2 Å². The summed E-state index contributed by atoms with van der Waals surface area (Å²) in [5, 5.41) is 96.4. The first-order valence-electron chi connectivity index (χ1n) is 20.8. The van der Waals surface area contributed by atoms with Crippen molar-refractivity contribution in [1.82, 2.24) is 0 Å². The van der Waals surface area contributed by atoms with E-state index < -0.39 is 104 Å². The van der Waals surface area contributed by atoms with Crippen LogP contribution in [0.3, 0.4) is 0 Å². The number of aliphatic hydroxyl groups excluding tert-OH is 9. The lowest BCUT2D eigenvalue weighted by Gasteiger charge is -2.73. The van der Waals surface area contributed by atoms with Crippen LogP contribution < -0.4 is 0 Å². The quantitative estimate of drug-likeness (QED) is 0.139. The van der Waals surface area contributed by atoms with Gasteiger partial charge in [0, 0.05) is 5.41 Å². The van der Waals surface area contributed by atoms with Crippen molar-refractivity contribution in [3.05, 3.63) is 11.6 Å². The molecule has 13 nitrogen and oxygen atoms in total. The van der Waals surface area contributed by atoms with Crippen LogP contribution >= 0.6 is 0 Å². The Morgan fingerprint density at radius 2 is 1.18 bits per heavy atom. The fraction of sp³-hybridized carbons (Fsp3) is 0.952. The number of allylic oxidation sites excluding steroid dienone is 2.